The van der Waals surface area contributed by atoms with Crippen LogP contribution in [-0.4, -0.2) is 3.21 Å². The molecule has 4 aromatic rings. The standard InChI is InChI=1S/C21H25.C17H18.C5H5.Zr/c1-20(2,3)16-9-7-14-11-15-8-10-17(21(4,5)6)13-19(15)18(14)12-16;1-4-10-16(11-5-1)14-8-3-9-15-17-12-6-2-7-13-17;1-2-4-5-3-1;/h7,9-10,12-13H,11H2,1-6H3;1-2,4-7,10-13H,8-9,14-15H2;1-3H,4H2;. The minimum atomic E-state index is -2.47. The molecule has 0 saturated carbocycles. The van der Waals surface area contributed by atoms with Gasteiger partial charge in [-0.3, -0.25) is 0 Å². The van der Waals surface area contributed by atoms with Crippen molar-refractivity contribution in [2.45, 2.75) is 90.9 Å². The first-order valence-corrected chi connectivity index (χ1v) is 20.2. The van der Waals surface area contributed by atoms with Gasteiger partial charge in [0.1, 0.15) is 0 Å². The second-order valence-electron chi connectivity index (χ2n) is 14.9. The van der Waals surface area contributed by atoms with E-state index in [1.807, 2.05) is 3.21 Å². The molecule has 0 amide bonds. The molecule has 6 rings (SSSR count). The number of allylic oxidation sites excluding steroid dienone is 4. The second-order valence-corrected chi connectivity index (χ2v) is 21.4. The average molecular weight is 656 g/mol. The number of rotatable bonds is 8. The molecule has 0 spiro atoms. The molecule has 0 unspecified atom stereocenters. The zero-order chi connectivity index (χ0) is 30.9. The Hall–Kier alpha value is -2.89. The fourth-order valence-electron chi connectivity index (χ4n) is 6.88. The third-order valence-electron chi connectivity index (χ3n) is 9.58. The number of fused-ring (bicyclic) bond motifs is 3. The molecule has 4 aromatic carbocycles. The van der Waals surface area contributed by atoms with Crippen LogP contribution in [0.1, 0.15) is 94.2 Å². The fraction of sp³-hybridized carbons (Fsp3) is 0.326. The van der Waals surface area contributed by atoms with Gasteiger partial charge in [-0.1, -0.05) is 0 Å². The summed E-state index contributed by atoms with van der Waals surface area (Å²) < 4.78 is 5.37. The molecular formula is C43H48Zr. The van der Waals surface area contributed by atoms with E-state index >= 15 is 0 Å². The minimum absolute atomic E-state index is 0.0962. The van der Waals surface area contributed by atoms with Crippen molar-refractivity contribution in [3.05, 3.63) is 146 Å². The Morgan fingerprint density at radius 2 is 1.25 bits per heavy atom. The summed E-state index contributed by atoms with van der Waals surface area (Å²) in [5.41, 5.74) is 12.2. The van der Waals surface area contributed by atoms with Crippen LogP contribution in [0.4, 0.5) is 0 Å². The third-order valence-corrected chi connectivity index (χ3v) is 17.5. The van der Waals surface area contributed by atoms with Gasteiger partial charge in [0, 0.05) is 0 Å². The first-order chi connectivity index (χ1) is 21.1. The van der Waals surface area contributed by atoms with Gasteiger partial charge >= 0.3 is 276 Å². The van der Waals surface area contributed by atoms with E-state index in [-0.39, 0.29) is 10.8 Å². The summed E-state index contributed by atoms with van der Waals surface area (Å²) in [7, 11) is 0. The Bertz CT molecular complexity index is 1690. The van der Waals surface area contributed by atoms with E-state index in [2.05, 4.69) is 151 Å². The predicted molar refractivity (Wildman–Crippen MR) is 188 cm³/mol. The maximum atomic E-state index is 2.69. The van der Waals surface area contributed by atoms with Crippen LogP contribution in [0.3, 0.4) is 0 Å². The topological polar surface area (TPSA) is 0 Å². The summed E-state index contributed by atoms with van der Waals surface area (Å²) in [5, 5.41) is 0. The summed E-state index contributed by atoms with van der Waals surface area (Å²) in [6.45, 7) is 14.2. The number of hydrogen-bond acceptors (Lipinski definition) is 0. The van der Waals surface area contributed by atoms with E-state index in [9.17, 15) is 0 Å². The van der Waals surface area contributed by atoms with Crippen molar-refractivity contribution >= 4 is 6.48 Å². The molecular weight excluding hydrogens is 608 g/mol. The fourth-order valence-corrected chi connectivity index (χ4v) is 15.1. The molecule has 0 nitrogen and oxygen atoms in total. The van der Waals surface area contributed by atoms with Crippen LogP contribution < -0.4 is 3.27 Å². The summed E-state index contributed by atoms with van der Waals surface area (Å²) in [4.78, 5) is 0. The SMILES string of the molecule is CC(C)(C)c1ccc2c(c1)-c1cc(C(C)(C)C)c[c]([Zr]([C]3=CC=CC3)=[C](CCc3ccccc3)CCc3ccccc3)c1C2. The number of aryl methyl sites for hydroxylation is 2. The summed E-state index contributed by atoms with van der Waals surface area (Å²) >= 11 is -2.47. The first kappa shape index (κ1) is 31.1. The molecule has 0 N–H and O–H groups in total. The van der Waals surface area contributed by atoms with E-state index in [1.54, 1.807) is 12.1 Å². The number of hydrogen-bond donors (Lipinski definition) is 0. The molecule has 0 radical (unpaired) electrons. The van der Waals surface area contributed by atoms with Gasteiger partial charge in [0.2, 0.25) is 0 Å². The van der Waals surface area contributed by atoms with Crippen LogP contribution in [0, 0.1) is 0 Å². The van der Waals surface area contributed by atoms with Gasteiger partial charge in [-0.25, -0.2) is 0 Å². The van der Waals surface area contributed by atoms with Crippen molar-refractivity contribution in [3.63, 3.8) is 0 Å². The Kier molecular flexibility index (Phi) is 9.08. The first-order valence-electron chi connectivity index (χ1n) is 16.6. The monoisotopic (exact) mass is 654 g/mol. The normalized spacial score (nSPS) is 13.9. The van der Waals surface area contributed by atoms with Crippen molar-refractivity contribution < 1.29 is 21.3 Å². The van der Waals surface area contributed by atoms with Gasteiger partial charge < -0.3 is 0 Å². The van der Waals surface area contributed by atoms with E-state index in [1.165, 1.54) is 51.8 Å². The zero-order valence-electron chi connectivity index (χ0n) is 27.6. The summed E-state index contributed by atoms with van der Waals surface area (Å²) in [6, 6.07) is 34.9. The average Bonchev–Trinajstić information content (AvgIpc) is 3.66. The molecule has 2 aliphatic rings. The Balaban J connectivity index is 1.55. The second kappa shape index (κ2) is 12.8. The number of benzene rings is 4. The molecule has 0 aliphatic heterocycles. The Morgan fingerprint density at radius 1 is 0.659 bits per heavy atom. The van der Waals surface area contributed by atoms with Crippen LogP contribution in [-0.2, 0) is 51.4 Å². The van der Waals surface area contributed by atoms with Crippen LogP contribution >= 0.6 is 0 Å². The van der Waals surface area contributed by atoms with E-state index in [0.29, 0.717) is 0 Å². The van der Waals surface area contributed by atoms with Gasteiger partial charge in [-0.05, 0) is 0 Å². The van der Waals surface area contributed by atoms with Crippen molar-refractivity contribution in [2.24, 2.45) is 0 Å². The van der Waals surface area contributed by atoms with Crippen molar-refractivity contribution in [1.82, 2.24) is 0 Å². The molecule has 2 aliphatic carbocycles. The molecule has 44 heavy (non-hydrogen) atoms. The molecule has 0 saturated heterocycles. The molecule has 1 heteroatoms. The molecule has 0 fully saturated rings. The van der Waals surface area contributed by atoms with Gasteiger partial charge in [0.15, 0.2) is 0 Å². The maximum absolute atomic E-state index is 2.69. The molecule has 0 bridgehead atoms. The summed E-state index contributed by atoms with van der Waals surface area (Å²) in [6.07, 6.45) is 14.1. The molecule has 224 valence electrons. The van der Waals surface area contributed by atoms with Crippen molar-refractivity contribution in [2.75, 3.05) is 0 Å². The molecule has 0 aromatic heterocycles. The van der Waals surface area contributed by atoms with Gasteiger partial charge in [-0.2, -0.15) is 0 Å². The molecule has 0 heterocycles. The van der Waals surface area contributed by atoms with Crippen LogP contribution in [0.2, 0.25) is 0 Å². The Labute approximate surface area is 274 Å². The Morgan fingerprint density at radius 3 is 1.80 bits per heavy atom. The van der Waals surface area contributed by atoms with Crippen molar-refractivity contribution in [1.29, 1.82) is 0 Å². The van der Waals surface area contributed by atoms with Crippen molar-refractivity contribution in [3.8, 4) is 11.1 Å². The van der Waals surface area contributed by atoms with E-state index < -0.39 is 21.3 Å². The molecule has 0 atom stereocenters. The summed E-state index contributed by atoms with van der Waals surface area (Å²) in [5.74, 6) is 0. The van der Waals surface area contributed by atoms with Gasteiger partial charge in [0.25, 0.3) is 0 Å². The van der Waals surface area contributed by atoms with Gasteiger partial charge in [-0.15, -0.1) is 0 Å². The van der Waals surface area contributed by atoms with E-state index in [4.69, 9.17) is 0 Å². The quantitative estimate of drug-likeness (QED) is 0.156. The van der Waals surface area contributed by atoms with Gasteiger partial charge in [0.05, 0.1) is 0 Å². The zero-order valence-corrected chi connectivity index (χ0v) is 30.1. The van der Waals surface area contributed by atoms with Crippen LogP contribution in [0.5, 0.6) is 0 Å². The van der Waals surface area contributed by atoms with Crippen LogP contribution in [0.15, 0.2) is 113 Å². The third kappa shape index (κ3) is 6.84. The van der Waals surface area contributed by atoms with Crippen LogP contribution in [0.25, 0.3) is 11.1 Å². The predicted octanol–water partition coefficient (Wildman–Crippen LogP) is 10.4. The van der Waals surface area contributed by atoms with E-state index in [0.717, 1.165) is 25.7 Å².